The maximum Gasteiger partial charge on any atom is 0.140 e. The van der Waals surface area contributed by atoms with Gasteiger partial charge in [0.2, 0.25) is 0 Å². The van der Waals surface area contributed by atoms with Crippen molar-refractivity contribution in [3.05, 3.63) is 72.0 Å². The molecule has 0 saturated heterocycles. The highest BCUT2D eigenvalue weighted by molar-refractivity contribution is 6.33. The first-order valence-electron chi connectivity index (χ1n) is 9.32. The highest BCUT2D eigenvalue weighted by Gasteiger charge is 2.16. The molecule has 0 bridgehead atoms. The molecular formula is C22H22BFN2O. The van der Waals surface area contributed by atoms with E-state index < -0.39 is 0 Å². The van der Waals surface area contributed by atoms with E-state index in [9.17, 15) is 4.39 Å². The van der Waals surface area contributed by atoms with Crippen molar-refractivity contribution in [2.45, 2.75) is 32.7 Å². The van der Waals surface area contributed by atoms with Gasteiger partial charge in [-0.25, -0.2) is 9.37 Å². The lowest BCUT2D eigenvalue weighted by molar-refractivity contribution is 0.596. The Labute approximate surface area is 159 Å². The number of halogens is 1. The second-order valence-electron chi connectivity index (χ2n) is 7.28. The van der Waals surface area contributed by atoms with E-state index >= 15 is 0 Å². The third-order valence-corrected chi connectivity index (χ3v) is 5.00. The highest BCUT2D eigenvalue weighted by Crippen LogP contribution is 2.29. The number of hydrogen-bond donors (Lipinski definition) is 0. The zero-order valence-corrected chi connectivity index (χ0v) is 15.9. The van der Waals surface area contributed by atoms with Crippen LogP contribution in [0, 0.1) is 5.82 Å². The molecule has 0 aliphatic carbocycles. The first-order valence-corrected chi connectivity index (χ1v) is 9.32. The van der Waals surface area contributed by atoms with Gasteiger partial charge in [-0.2, -0.15) is 0 Å². The van der Waals surface area contributed by atoms with Crippen molar-refractivity contribution in [3.8, 4) is 11.4 Å². The van der Waals surface area contributed by atoms with Crippen molar-refractivity contribution in [1.29, 1.82) is 0 Å². The van der Waals surface area contributed by atoms with Crippen LogP contribution >= 0.6 is 0 Å². The molecule has 27 heavy (non-hydrogen) atoms. The molecule has 4 aromatic rings. The minimum Gasteiger partial charge on any atom is -0.464 e. The molecule has 0 N–H and O–H groups in total. The number of rotatable bonds is 5. The topological polar surface area (TPSA) is 31.0 Å². The summed E-state index contributed by atoms with van der Waals surface area (Å²) in [5.41, 5.74) is 4.74. The Morgan fingerprint density at radius 1 is 1.19 bits per heavy atom. The van der Waals surface area contributed by atoms with Gasteiger partial charge in [0.1, 0.15) is 25.1 Å². The van der Waals surface area contributed by atoms with Crippen LogP contribution in [0.4, 0.5) is 4.39 Å². The summed E-state index contributed by atoms with van der Waals surface area (Å²) < 4.78 is 22.5. The monoisotopic (exact) mass is 360 g/mol. The number of aromatic nitrogens is 2. The number of nitrogens with zero attached hydrogens (tertiary/aromatic N) is 2. The molecule has 0 aliphatic heterocycles. The summed E-state index contributed by atoms with van der Waals surface area (Å²) in [7, 11) is 2.07. The molecule has 2 aromatic carbocycles. The van der Waals surface area contributed by atoms with Crippen LogP contribution in [0.1, 0.15) is 31.0 Å². The molecule has 0 spiro atoms. The molecule has 0 amide bonds. The molecule has 2 heterocycles. The van der Waals surface area contributed by atoms with Crippen molar-refractivity contribution in [2.24, 2.45) is 0 Å². The largest absolute Gasteiger partial charge is 0.464 e. The Morgan fingerprint density at radius 2 is 2.04 bits per heavy atom. The van der Waals surface area contributed by atoms with E-state index in [2.05, 4.69) is 43.4 Å². The maximum absolute atomic E-state index is 14.8. The van der Waals surface area contributed by atoms with Gasteiger partial charge < -0.3 is 8.98 Å². The van der Waals surface area contributed by atoms with Crippen molar-refractivity contribution in [2.75, 3.05) is 0 Å². The van der Waals surface area contributed by atoms with Crippen LogP contribution in [0.2, 0.25) is 0 Å². The van der Waals surface area contributed by atoms with Crippen LogP contribution in [-0.2, 0) is 12.8 Å². The minimum atomic E-state index is -0.186. The van der Waals surface area contributed by atoms with Gasteiger partial charge in [0.25, 0.3) is 0 Å². The summed E-state index contributed by atoms with van der Waals surface area (Å²) in [5, 5.41) is 1.09. The lowest BCUT2D eigenvalue weighted by atomic mass is 9.90. The van der Waals surface area contributed by atoms with Gasteiger partial charge in [-0.1, -0.05) is 29.7 Å². The van der Waals surface area contributed by atoms with E-state index in [0.717, 1.165) is 27.9 Å². The predicted molar refractivity (Wildman–Crippen MR) is 110 cm³/mol. The molecule has 0 atom stereocenters. The van der Waals surface area contributed by atoms with E-state index in [1.54, 1.807) is 18.5 Å². The smallest absolute Gasteiger partial charge is 0.140 e. The van der Waals surface area contributed by atoms with Gasteiger partial charge in [0.15, 0.2) is 0 Å². The Bertz CT molecular complexity index is 1100. The second-order valence-corrected chi connectivity index (χ2v) is 7.28. The molecule has 2 aromatic heterocycles. The fourth-order valence-corrected chi connectivity index (χ4v) is 3.73. The van der Waals surface area contributed by atoms with Gasteiger partial charge in [-0.3, -0.25) is 0 Å². The zero-order chi connectivity index (χ0) is 19.0. The first-order chi connectivity index (χ1) is 13.0. The van der Waals surface area contributed by atoms with Gasteiger partial charge >= 0.3 is 0 Å². The van der Waals surface area contributed by atoms with Crippen molar-refractivity contribution in [3.63, 3.8) is 0 Å². The summed E-state index contributed by atoms with van der Waals surface area (Å²) in [5.74, 6) is 0.626. The Balaban J connectivity index is 1.72. The summed E-state index contributed by atoms with van der Waals surface area (Å²) in [6.45, 7) is 4.20. The Kier molecular flexibility index (Phi) is 4.60. The number of aryl methyl sites for hydroxylation is 1. The Morgan fingerprint density at radius 3 is 2.85 bits per heavy atom. The SMILES string of the molecule is Bc1cc(CCc2c(F)cccc2-c2nccn2C(C)C)c2occc2c1. The van der Waals surface area contributed by atoms with Crippen LogP contribution in [0.25, 0.3) is 22.4 Å². The molecule has 0 saturated carbocycles. The lowest BCUT2D eigenvalue weighted by Crippen LogP contribution is -2.07. The molecule has 3 nitrogen and oxygen atoms in total. The number of fused-ring (bicyclic) bond motifs is 1. The minimum absolute atomic E-state index is 0.186. The third kappa shape index (κ3) is 3.30. The Hall–Kier alpha value is -2.82. The van der Waals surface area contributed by atoms with Gasteiger partial charge in [0.05, 0.1) is 6.26 Å². The van der Waals surface area contributed by atoms with Gasteiger partial charge in [-0.15, -0.1) is 0 Å². The van der Waals surface area contributed by atoms with Crippen LogP contribution < -0.4 is 5.46 Å². The number of furan rings is 1. The fourth-order valence-electron chi connectivity index (χ4n) is 3.73. The third-order valence-electron chi connectivity index (χ3n) is 5.00. The number of imidazole rings is 1. The summed E-state index contributed by atoms with van der Waals surface area (Å²) in [6.07, 6.45) is 6.73. The normalized spacial score (nSPS) is 11.6. The molecule has 136 valence electrons. The second kappa shape index (κ2) is 7.07. The molecular weight excluding hydrogens is 338 g/mol. The molecule has 4 rings (SSSR count). The molecule has 5 heteroatoms. The van der Waals surface area contributed by atoms with E-state index in [1.807, 2.05) is 18.3 Å². The number of benzene rings is 2. The van der Waals surface area contributed by atoms with E-state index in [4.69, 9.17) is 4.42 Å². The van der Waals surface area contributed by atoms with Gasteiger partial charge in [-0.05, 0) is 49.9 Å². The summed E-state index contributed by atoms with van der Waals surface area (Å²) >= 11 is 0. The van der Waals surface area contributed by atoms with Crippen LogP contribution in [-0.4, -0.2) is 17.4 Å². The standard InChI is InChI=1S/C22H22BFN2O/c1-14(2)26-10-9-25-22(26)19-4-3-5-20(24)18(19)7-6-15-12-17(23)13-16-8-11-27-21(15)16/h3-5,8-14H,6-7,23H2,1-2H3. The molecule has 0 fully saturated rings. The average molecular weight is 360 g/mol. The average Bonchev–Trinajstić information content (AvgIpc) is 3.29. The number of hydrogen-bond acceptors (Lipinski definition) is 2. The zero-order valence-electron chi connectivity index (χ0n) is 15.9. The van der Waals surface area contributed by atoms with Crippen LogP contribution in [0.5, 0.6) is 0 Å². The van der Waals surface area contributed by atoms with Gasteiger partial charge in [0, 0.05) is 29.4 Å². The van der Waals surface area contributed by atoms with Crippen molar-refractivity contribution in [1.82, 2.24) is 9.55 Å². The van der Waals surface area contributed by atoms with E-state index in [-0.39, 0.29) is 11.9 Å². The maximum atomic E-state index is 14.8. The fraction of sp³-hybridized carbons (Fsp3) is 0.227. The predicted octanol–water partition coefficient (Wildman–Crippen LogP) is 4.06. The van der Waals surface area contributed by atoms with Crippen LogP contribution in [0.3, 0.4) is 0 Å². The van der Waals surface area contributed by atoms with E-state index in [0.29, 0.717) is 18.4 Å². The summed E-state index contributed by atoms with van der Waals surface area (Å²) in [4.78, 5) is 4.50. The first kappa shape index (κ1) is 17.6. The molecule has 0 radical (unpaired) electrons. The summed E-state index contributed by atoms with van der Waals surface area (Å²) in [6, 6.07) is 11.7. The van der Waals surface area contributed by atoms with Crippen molar-refractivity contribution < 1.29 is 8.81 Å². The van der Waals surface area contributed by atoms with Crippen molar-refractivity contribution >= 4 is 24.3 Å². The quantitative estimate of drug-likeness (QED) is 0.503. The highest BCUT2D eigenvalue weighted by atomic mass is 19.1. The lowest BCUT2D eigenvalue weighted by Gasteiger charge is -2.15. The molecule has 0 unspecified atom stereocenters. The molecule has 0 aliphatic rings. The van der Waals surface area contributed by atoms with E-state index in [1.165, 1.54) is 11.5 Å². The van der Waals surface area contributed by atoms with Crippen LogP contribution in [0.15, 0.2) is 59.5 Å².